The van der Waals surface area contributed by atoms with Gasteiger partial charge in [0.15, 0.2) is 5.79 Å². The summed E-state index contributed by atoms with van der Waals surface area (Å²) in [6, 6.07) is 3.74. The minimum absolute atomic E-state index is 0.339. The highest BCUT2D eigenvalue weighted by molar-refractivity contribution is 5.29. The van der Waals surface area contributed by atoms with Gasteiger partial charge in [-0.05, 0) is 24.5 Å². The first-order chi connectivity index (χ1) is 9.59. The van der Waals surface area contributed by atoms with Crippen LogP contribution in [0.15, 0.2) is 18.2 Å². The second-order valence-electron chi connectivity index (χ2n) is 5.72. The maximum absolute atomic E-state index is 14.1. The molecular weight excluding hydrogens is 264 g/mol. The molecule has 1 aliphatic carbocycles. The normalized spacial score (nSPS) is 24.1. The Morgan fingerprint density at radius 3 is 2.25 bits per heavy atom. The Morgan fingerprint density at radius 1 is 1.05 bits per heavy atom. The lowest BCUT2D eigenvalue weighted by molar-refractivity contribution is -0.184. The summed E-state index contributed by atoms with van der Waals surface area (Å²) >= 11 is 0. The second kappa shape index (κ2) is 5.06. The summed E-state index contributed by atoms with van der Waals surface area (Å²) in [7, 11) is 0. The molecule has 0 aromatic heterocycles. The smallest absolute Gasteiger partial charge is 0.168 e. The van der Waals surface area contributed by atoms with Crippen molar-refractivity contribution in [2.24, 2.45) is 5.73 Å². The van der Waals surface area contributed by atoms with E-state index in [1.54, 1.807) is 0 Å². The molecule has 20 heavy (non-hydrogen) atoms. The molecule has 0 atom stereocenters. The zero-order chi connectivity index (χ0) is 14.2. The van der Waals surface area contributed by atoms with Crippen LogP contribution in [0.2, 0.25) is 0 Å². The molecule has 1 aliphatic heterocycles. The molecule has 0 amide bonds. The van der Waals surface area contributed by atoms with E-state index in [0.717, 1.165) is 6.07 Å². The Labute approximate surface area is 117 Å². The Hall–Kier alpha value is -1.04. The van der Waals surface area contributed by atoms with Crippen LogP contribution in [0.3, 0.4) is 0 Å². The first-order valence-corrected chi connectivity index (χ1v) is 7.03. The predicted octanol–water partition coefficient (Wildman–Crippen LogP) is 2.48. The zero-order valence-electron chi connectivity index (χ0n) is 11.3. The van der Waals surface area contributed by atoms with Crippen LogP contribution in [-0.2, 0) is 14.9 Å². The van der Waals surface area contributed by atoms with Crippen LogP contribution >= 0.6 is 0 Å². The third kappa shape index (κ3) is 2.24. The number of ether oxygens (including phenoxy) is 2. The molecule has 1 heterocycles. The molecule has 2 aliphatic rings. The molecule has 1 aromatic carbocycles. The van der Waals surface area contributed by atoms with Crippen molar-refractivity contribution in [2.75, 3.05) is 19.8 Å². The molecule has 2 fully saturated rings. The van der Waals surface area contributed by atoms with E-state index in [1.807, 2.05) is 0 Å². The number of halogens is 2. The first-order valence-electron chi connectivity index (χ1n) is 7.03. The van der Waals surface area contributed by atoms with Crippen molar-refractivity contribution in [1.82, 2.24) is 0 Å². The van der Waals surface area contributed by atoms with E-state index in [1.165, 1.54) is 12.1 Å². The number of nitrogens with two attached hydrogens (primary N) is 1. The van der Waals surface area contributed by atoms with E-state index in [9.17, 15) is 8.78 Å². The lowest BCUT2D eigenvalue weighted by atomic mass is 9.67. The van der Waals surface area contributed by atoms with Gasteiger partial charge in [0.2, 0.25) is 0 Å². The SMILES string of the molecule is NCC1(c2ccc(F)cc2F)CCC2(CC1)OCCO2. The van der Waals surface area contributed by atoms with Crippen molar-refractivity contribution >= 4 is 0 Å². The van der Waals surface area contributed by atoms with Crippen molar-refractivity contribution in [3.63, 3.8) is 0 Å². The average Bonchev–Trinajstić information content (AvgIpc) is 2.89. The summed E-state index contributed by atoms with van der Waals surface area (Å²) in [6.07, 6.45) is 2.76. The maximum atomic E-state index is 14.1. The van der Waals surface area contributed by atoms with Gasteiger partial charge in [-0.25, -0.2) is 8.78 Å². The zero-order valence-corrected chi connectivity index (χ0v) is 11.3. The molecule has 0 radical (unpaired) electrons. The highest BCUT2D eigenvalue weighted by atomic mass is 19.1. The third-order valence-electron chi connectivity index (χ3n) is 4.68. The molecule has 1 saturated carbocycles. The van der Waals surface area contributed by atoms with Crippen LogP contribution < -0.4 is 5.73 Å². The monoisotopic (exact) mass is 283 g/mol. The van der Waals surface area contributed by atoms with E-state index >= 15 is 0 Å². The Bertz CT molecular complexity index is 491. The van der Waals surface area contributed by atoms with Gasteiger partial charge in [0, 0.05) is 30.9 Å². The molecule has 110 valence electrons. The summed E-state index contributed by atoms with van der Waals surface area (Å²) in [6.45, 7) is 1.56. The Kier molecular flexibility index (Phi) is 3.52. The fourth-order valence-electron chi connectivity index (χ4n) is 3.40. The van der Waals surface area contributed by atoms with Crippen LogP contribution in [0.4, 0.5) is 8.78 Å². The van der Waals surface area contributed by atoms with E-state index in [2.05, 4.69) is 0 Å². The second-order valence-corrected chi connectivity index (χ2v) is 5.72. The summed E-state index contributed by atoms with van der Waals surface area (Å²) < 4.78 is 38.5. The summed E-state index contributed by atoms with van der Waals surface area (Å²) in [5, 5.41) is 0. The average molecular weight is 283 g/mol. The van der Waals surface area contributed by atoms with Gasteiger partial charge in [-0.15, -0.1) is 0 Å². The number of benzene rings is 1. The van der Waals surface area contributed by atoms with Crippen LogP contribution in [-0.4, -0.2) is 25.5 Å². The molecule has 1 spiro atoms. The van der Waals surface area contributed by atoms with Gasteiger partial charge in [0.1, 0.15) is 11.6 Å². The fraction of sp³-hybridized carbons (Fsp3) is 0.600. The van der Waals surface area contributed by atoms with Crippen LogP contribution in [0.25, 0.3) is 0 Å². The molecule has 0 unspecified atom stereocenters. The van der Waals surface area contributed by atoms with Crippen molar-refractivity contribution in [3.8, 4) is 0 Å². The number of hydrogen-bond acceptors (Lipinski definition) is 3. The molecular formula is C15H19F2NO2. The van der Waals surface area contributed by atoms with E-state index in [0.29, 0.717) is 51.0 Å². The Morgan fingerprint density at radius 2 is 1.70 bits per heavy atom. The van der Waals surface area contributed by atoms with Crippen LogP contribution in [0.5, 0.6) is 0 Å². The quantitative estimate of drug-likeness (QED) is 0.907. The summed E-state index contributed by atoms with van der Waals surface area (Å²) in [5.41, 5.74) is 5.98. The van der Waals surface area contributed by atoms with Crippen molar-refractivity contribution < 1.29 is 18.3 Å². The van der Waals surface area contributed by atoms with Gasteiger partial charge in [-0.2, -0.15) is 0 Å². The van der Waals surface area contributed by atoms with Crippen molar-refractivity contribution in [1.29, 1.82) is 0 Å². The van der Waals surface area contributed by atoms with Gasteiger partial charge in [0.25, 0.3) is 0 Å². The third-order valence-corrected chi connectivity index (χ3v) is 4.68. The number of hydrogen-bond donors (Lipinski definition) is 1. The lowest BCUT2D eigenvalue weighted by Crippen LogP contribution is -2.46. The van der Waals surface area contributed by atoms with Crippen molar-refractivity contribution in [2.45, 2.75) is 36.9 Å². The van der Waals surface area contributed by atoms with Gasteiger partial charge in [0.05, 0.1) is 13.2 Å². The maximum Gasteiger partial charge on any atom is 0.168 e. The highest BCUT2D eigenvalue weighted by Crippen LogP contribution is 2.46. The van der Waals surface area contributed by atoms with Gasteiger partial charge in [-0.1, -0.05) is 6.07 Å². The largest absolute Gasteiger partial charge is 0.348 e. The standard InChI is InChI=1S/C15H19F2NO2/c16-11-1-2-12(13(17)9-11)14(10-18)3-5-15(6-4-14)19-7-8-20-15/h1-2,9H,3-8,10,18H2. The van der Waals surface area contributed by atoms with Gasteiger partial charge >= 0.3 is 0 Å². The fourth-order valence-corrected chi connectivity index (χ4v) is 3.40. The topological polar surface area (TPSA) is 44.5 Å². The molecule has 1 saturated heterocycles. The minimum Gasteiger partial charge on any atom is -0.348 e. The molecule has 2 N–H and O–H groups in total. The molecule has 3 nitrogen and oxygen atoms in total. The van der Waals surface area contributed by atoms with E-state index < -0.39 is 22.8 Å². The van der Waals surface area contributed by atoms with Crippen LogP contribution in [0.1, 0.15) is 31.2 Å². The first kappa shape index (κ1) is 13.9. The lowest BCUT2D eigenvalue weighted by Gasteiger charge is -2.43. The van der Waals surface area contributed by atoms with E-state index in [4.69, 9.17) is 15.2 Å². The van der Waals surface area contributed by atoms with Crippen molar-refractivity contribution in [3.05, 3.63) is 35.4 Å². The molecule has 3 rings (SSSR count). The van der Waals surface area contributed by atoms with Gasteiger partial charge < -0.3 is 15.2 Å². The van der Waals surface area contributed by atoms with E-state index in [-0.39, 0.29) is 0 Å². The summed E-state index contributed by atoms with van der Waals surface area (Å²) in [4.78, 5) is 0. The predicted molar refractivity (Wildman–Crippen MR) is 70.2 cm³/mol. The summed E-state index contributed by atoms with van der Waals surface area (Å²) in [5.74, 6) is -1.58. The highest BCUT2D eigenvalue weighted by Gasteiger charge is 2.47. The van der Waals surface area contributed by atoms with Crippen LogP contribution in [0, 0.1) is 11.6 Å². The van der Waals surface area contributed by atoms with Gasteiger partial charge in [-0.3, -0.25) is 0 Å². The molecule has 5 heteroatoms. The minimum atomic E-state index is -0.562. The molecule has 0 bridgehead atoms. The number of rotatable bonds is 2. The Balaban J connectivity index is 1.86. The molecule has 1 aromatic rings.